The van der Waals surface area contributed by atoms with Crippen molar-refractivity contribution in [3.8, 4) is 11.5 Å². The highest BCUT2D eigenvalue weighted by atomic mass is 16.7. The van der Waals surface area contributed by atoms with E-state index >= 15 is 0 Å². The molecule has 1 aliphatic rings. The highest BCUT2D eigenvalue weighted by Crippen LogP contribution is 2.33. The predicted octanol–water partition coefficient (Wildman–Crippen LogP) is 4.96. The molecule has 0 aliphatic carbocycles. The van der Waals surface area contributed by atoms with Crippen molar-refractivity contribution in [3.05, 3.63) is 59.7 Å². The molecule has 28 heavy (non-hydrogen) atoms. The van der Waals surface area contributed by atoms with E-state index in [9.17, 15) is 4.79 Å². The van der Waals surface area contributed by atoms with Crippen LogP contribution >= 0.6 is 0 Å². The number of urea groups is 1. The first-order valence-corrected chi connectivity index (χ1v) is 9.11. The normalized spacial score (nSPS) is 13.6. The number of rotatable bonds is 4. The van der Waals surface area contributed by atoms with Crippen LogP contribution in [0.25, 0.3) is 6.08 Å². The minimum absolute atomic E-state index is 0.246. The monoisotopic (exact) mass is 379 g/mol. The van der Waals surface area contributed by atoms with Crippen molar-refractivity contribution in [1.82, 2.24) is 5.43 Å². The first-order valence-electron chi connectivity index (χ1n) is 9.11. The van der Waals surface area contributed by atoms with E-state index in [4.69, 9.17) is 9.47 Å². The quantitative estimate of drug-likeness (QED) is 0.582. The lowest BCUT2D eigenvalue weighted by Gasteiger charge is -2.18. The minimum atomic E-state index is -0.387. The van der Waals surface area contributed by atoms with Gasteiger partial charge in [-0.3, -0.25) is 0 Å². The van der Waals surface area contributed by atoms with Gasteiger partial charge in [-0.05, 0) is 42.8 Å². The van der Waals surface area contributed by atoms with Gasteiger partial charge in [-0.25, -0.2) is 10.2 Å². The summed E-state index contributed by atoms with van der Waals surface area (Å²) in [6.45, 7) is 8.35. The van der Waals surface area contributed by atoms with Crippen LogP contribution in [0.3, 0.4) is 0 Å². The summed E-state index contributed by atoms with van der Waals surface area (Å²) in [5.74, 6) is 1.48. The molecule has 2 N–H and O–H groups in total. The minimum Gasteiger partial charge on any atom is -0.454 e. The standard InChI is InChI=1S/C22H25N3O3/c1-15-5-9-17(10-6-15)23-21(26)25-24-20(22(2,3)4)12-8-16-7-11-18-19(13-16)28-14-27-18/h5-13H,14H2,1-4H3,(H2,23,25,26)/b12-8+,24-20+. The van der Waals surface area contributed by atoms with Gasteiger partial charge >= 0.3 is 6.03 Å². The Morgan fingerprint density at radius 2 is 1.79 bits per heavy atom. The molecule has 0 bridgehead atoms. The average molecular weight is 379 g/mol. The maximum absolute atomic E-state index is 12.1. The summed E-state index contributed by atoms with van der Waals surface area (Å²) >= 11 is 0. The summed E-state index contributed by atoms with van der Waals surface area (Å²) in [5, 5.41) is 7.07. The molecular formula is C22H25N3O3. The molecule has 6 heteroatoms. The van der Waals surface area contributed by atoms with Crippen LogP contribution in [0.2, 0.25) is 0 Å². The van der Waals surface area contributed by atoms with Gasteiger partial charge in [-0.2, -0.15) is 5.10 Å². The molecule has 2 aromatic carbocycles. The smallest absolute Gasteiger partial charge is 0.339 e. The maximum atomic E-state index is 12.1. The van der Waals surface area contributed by atoms with Crippen LogP contribution in [0.4, 0.5) is 10.5 Å². The van der Waals surface area contributed by atoms with Crippen molar-refractivity contribution in [2.45, 2.75) is 27.7 Å². The lowest BCUT2D eigenvalue weighted by Crippen LogP contribution is -2.28. The average Bonchev–Trinajstić information content (AvgIpc) is 3.10. The Morgan fingerprint density at radius 3 is 2.50 bits per heavy atom. The number of anilines is 1. The van der Waals surface area contributed by atoms with Crippen molar-refractivity contribution < 1.29 is 14.3 Å². The summed E-state index contributed by atoms with van der Waals surface area (Å²) < 4.78 is 10.7. The number of carbonyl (C=O) groups excluding carboxylic acids is 1. The number of aryl methyl sites for hydroxylation is 1. The number of allylic oxidation sites excluding steroid dienone is 1. The van der Waals surface area contributed by atoms with Crippen molar-refractivity contribution in [3.63, 3.8) is 0 Å². The van der Waals surface area contributed by atoms with Crippen LogP contribution in [0.15, 0.2) is 53.6 Å². The van der Waals surface area contributed by atoms with Crippen molar-refractivity contribution in [1.29, 1.82) is 0 Å². The summed E-state index contributed by atoms with van der Waals surface area (Å²) in [7, 11) is 0. The highest BCUT2D eigenvalue weighted by molar-refractivity contribution is 6.02. The molecule has 3 rings (SSSR count). The van der Waals surface area contributed by atoms with Crippen LogP contribution in [0, 0.1) is 12.3 Å². The highest BCUT2D eigenvalue weighted by Gasteiger charge is 2.18. The fraction of sp³-hybridized carbons (Fsp3) is 0.273. The van der Waals surface area contributed by atoms with Gasteiger partial charge in [0.25, 0.3) is 0 Å². The zero-order valence-electron chi connectivity index (χ0n) is 16.6. The topological polar surface area (TPSA) is 72.0 Å². The molecule has 0 unspecified atom stereocenters. The zero-order valence-corrected chi connectivity index (χ0v) is 16.6. The number of benzene rings is 2. The summed E-state index contributed by atoms with van der Waals surface area (Å²) in [6.07, 6.45) is 3.83. The largest absolute Gasteiger partial charge is 0.454 e. The lowest BCUT2D eigenvalue weighted by atomic mass is 9.89. The van der Waals surface area contributed by atoms with E-state index in [1.165, 1.54) is 0 Å². The second-order valence-corrected chi connectivity index (χ2v) is 7.63. The number of amides is 2. The van der Waals surface area contributed by atoms with E-state index < -0.39 is 0 Å². The van der Waals surface area contributed by atoms with Crippen molar-refractivity contribution in [2.75, 3.05) is 12.1 Å². The van der Waals surface area contributed by atoms with Gasteiger partial charge < -0.3 is 14.8 Å². The summed E-state index contributed by atoms with van der Waals surface area (Å²) in [5.41, 5.74) is 5.88. The van der Waals surface area contributed by atoms with Gasteiger partial charge in [0.05, 0.1) is 5.71 Å². The number of hydrogen-bond acceptors (Lipinski definition) is 4. The van der Waals surface area contributed by atoms with Crippen molar-refractivity contribution in [2.24, 2.45) is 10.5 Å². The van der Waals surface area contributed by atoms with E-state index in [2.05, 4.69) is 15.8 Å². The number of carbonyl (C=O) groups is 1. The van der Waals surface area contributed by atoms with Crippen LogP contribution in [-0.2, 0) is 0 Å². The van der Waals surface area contributed by atoms with E-state index in [1.54, 1.807) is 0 Å². The van der Waals surface area contributed by atoms with Crippen LogP contribution in [0.5, 0.6) is 11.5 Å². The van der Waals surface area contributed by atoms with Gasteiger partial charge in [0, 0.05) is 11.1 Å². The third-order valence-electron chi connectivity index (χ3n) is 4.19. The van der Waals surface area contributed by atoms with Crippen LogP contribution in [-0.4, -0.2) is 18.5 Å². The van der Waals surface area contributed by atoms with Gasteiger partial charge in [0.2, 0.25) is 6.79 Å². The van der Waals surface area contributed by atoms with Crippen molar-refractivity contribution >= 4 is 23.5 Å². The predicted molar refractivity (Wildman–Crippen MR) is 112 cm³/mol. The molecule has 0 saturated carbocycles. The molecule has 0 fully saturated rings. The molecule has 0 aromatic heterocycles. The maximum Gasteiger partial charge on any atom is 0.339 e. The Balaban J connectivity index is 1.69. The first kappa shape index (κ1) is 19.5. The number of ether oxygens (including phenoxy) is 2. The Bertz CT molecular complexity index is 910. The number of nitrogens with one attached hydrogen (secondary N) is 2. The number of nitrogens with zero attached hydrogens (tertiary/aromatic N) is 1. The molecule has 2 aromatic rings. The summed E-state index contributed by atoms with van der Waals surface area (Å²) in [6, 6.07) is 12.9. The van der Waals surface area contributed by atoms with Gasteiger partial charge in [-0.15, -0.1) is 0 Å². The molecular weight excluding hydrogens is 354 g/mol. The van der Waals surface area contributed by atoms with Gasteiger partial charge in [0.15, 0.2) is 11.5 Å². The fourth-order valence-corrected chi connectivity index (χ4v) is 2.55. The Labute approximate surface area is 165 Å². The van der Waals surface area contributed by atoms with E-state index in [0.717, 1.165) is 28.3 Å². The van der Waals surface area contributed by atoms with Gasteiger partial charge in [0.1, 0.15) is 0 Å². The third-order valence-corrected chi connectivity index (χ3v) is 4.19. The number of hydrogen-bond donors (Lipinski definition) is 2. The second kappa shape index (κ2) is 8.17. The second-order valence-electron chi connectivity index (χ2n) is 7.63. The first-order chi connectivity index (χ1) is 13.3. The molecule has 0 atom stereocenters. The number of hydrazone groups is 1. The Hall–Kier alpha value is -3.28. The number of fused-ring (bicyclic) bond motifs is 1. The molecule has 1 aliphatic heterocycles. The Morgan fingerprint density at radius 1 is 1.07 bits per heavy atom. The molecule has 2 amide bonds. The lowest BCUT2D eigenvalue weighted by molar-refractivity contribution is 0.174. The molecule has 0 saturated heterocycles. The molecule has 1 heterocycles. The SMILES string of the molecule is Cc1ccc(NC(=O)N/N=C(\C=C\c2ccc3c(c2)OCO3)C(C)(C)C)cc1. The van der Waals surface area contributed by atoms with E-state index in [0.29, 0.717) is 5.69 Å². The fourth-order valence-electron chi connectivity index (χ4n) is 2.55. The molecule has 146 valence electrons. The van der Waals surface area contributed by atoms with E-state index in [-0.39, 0.29) is 18.2 Å². The van der Waals surface area contributed by atoms with E-state index in [1.807, 2.05) is 82.3 Å². The Kier molecular flexibility index (Phi) is 5.68. The molecule has 0 spiro atoms. The van der Waals surface area contributed by atoms with Crippen LogP contribution in [0.1, 0.15) is 31.9 Å². The zero-order chi connectivity index (χ0) is 20.1. The molecule has 6 nitrogen and oxygen atoms in total. The third kappa shape index (κ3) is 5.13. The van der Waals surface area contributed by atoms with Gasteiger partial charge in [-0.1, -0.05) is 50.6 Å². The molecule has 0 radical (unpaired) electrons. The van der Waals surface area contributed by atoms with Crippen LogP contribution < -0.4 is 20.2 Å². The summed E-state index contributed by atoms with van der Waals surface area (Å²) in [4.78, 5) is 12.1.